The van der Waals surface area contributed by atoms with Crippen LogP contribution in [-0.2, 0) is 5.41 Å². The minimum absolute atomic E-state index is 0.470. The van der Waals surface area contributed by atoms with Crippen molar-refractivity contribution in [3.63, 3.8) is 0 Å². The molecule has 0 atom stereocenters. The van der Waals surface area contributed by atoms with Crippen LogP contribution in [0.15, 0.2) is 200 Å². The highest BCUT2D eigenvalue weighted by molar-refractivity contribution is 6.08. The van der Waals surface area contributed by atoms with E-state index in [2.05, 4.69) is 205 Å². The van der Waals surface area contributed by atoms with Crippen LogP contribution in [0, 0.1) is 0 Å². The van der Waals surface area contributed by atoms with Crippen LogP contribution in [0.4, 0.5) is 17.1 Å². The van der Waals surface area contributed by atoms with Gasteiger partial charge in [0.05, 0.1) is 5.41 Å². The summed E-state index contributed by atoms with van der Waals surface area (Å²) in [5, 5.41) is 7.48. The Morgan fingerprint density at radius 2 is 0.800 bits per heavy atom. The lowest BCUT2D eigenvalue weighted by molar-refractivity contribution is 0.768. The second kappa shape index (κ2) is 11.3. The lowest BCUT2D eigenvalue weighted by Gasteiger charge is -2.35. The third-order valence-electron chi connectivity index (χ3n) is 10.7. The molecule has 0 unspecified atom stereocenters. The highest BCUT2D eigenvalue weighted by Crippen LogP contribution is 2.57. The molecule has 0 aliphatic heterocycles. The predicted molar refractivity (Wildman–Crippen MR) is 211 cm³/mol. The van der Waals surface area contributed by atoms with Crippen LogP contribution in [0.1, 0.15) is 22.3 Å². The van der Waals surface area contributed by atoms with E-state index < -0.39 is 5.41 Å². The molecule has 0 radical (unpaired) electrons. The molecule has 0 N–H and O–H groups in total. The van der Waals surface area contributed by atoms with Gasteiger partial charge in [0.1, 0.15) is 0 Å². The number of benzene rings is 9. The van der Waals surface area contributed by atoms with Gasteiger partial charge < -0.3 is 4.90 Å². The van der Waals surface area contributed by atoms with Crippen LogP contribution in [-0.4, -0.2) is 0 Å². The number of hydrogen-bond acceptors (Lipinski definition) is 1. The summed E-state index contributed by atoms with van der Waals surface area (Å²) in [6, 6.07) is 73.7. The molecular formula is C49H33N. The summed E-state index contributed by atoms with van der Waals surface area (Å²) < 4.78 is 0. The fourth-order valence-corrected chi connectivity index (χ4v) is 8.47. The molecule has 234 valence electrons. The molecule has 0 bridgehead atoms. The Labute approximate surface area is 292 Å². The van der Waals surface area contributed by atoms with E-state index >= 15 is 0 Å². The molecule has 1 aliphatic carbocycles. The molecule has 1 aliphatic rings. The summed E-state index contributed by atoms with van der Waals surface area (Å²) in [6.07, 6.45) is 0. The van der Waals surface area contributed by atoms with E-state index in [1.165, 1.54) is 65.7 Å². The van der Waals surface area contributed by atoms with E-state index in [0.29, 0.717) is 0 Å². The number of anilines is 3. The van der Waals surface area contributed by atoms with Crippen molar-refractivity contribution in [2.45, 2.75) is 5.41 Å². The maximum Gasteiger partial charge on any atom is 0.0714 e. The van der Waals surface area contributed by atoms with Crippen LogP contribution in [0.2, 0.25) is 0 Å². The molecule has 0 amide bonds. The minimum atomic E-state index is -0.470. The van der Waals surface area contributed by atoms with Crippen molar-refractivity contribution >= 4 is 49.4 Å². The second-order valence-corrected chi connectivity index (χ2v) is 13.3. The highest BCUT2D eigenvalue weighted by Gasteiger charge is 2.46. The van der Waals surface area contributed by atoms with Gasteiger partial charge in [-0.1, -0.05) is 164 Å². The van der Waals surface area contributed by atoms with Crippen molar-refractivity contribution in [3.05, 3.63) is 222 Å². The average molecular weight is 636 g/mol. The second-order valence-electron chi connectivity index (χ2n) is 13.3. The third-order valence-corrected chi connectivity index (χ3v) is 10.7. The Bertz CT molecular complexity index is 2670. The fourth-order valence-electron chi connectivity index (χ4n) is 8.47. The van der Waals surface area contributed by atoms with E-state index in [0.717, 1.165) is 17.1 Å². The van der Waals surface area contributed by atoms with Gasteiger partial charge in [-0.05, 0) is 102 Å². The topological polar surface area (TPSA) is 3.24 Å². The van der Waals surface area contributed by atoms with Gasteiger partial charge in [0.15, 0.2) is 0 Å². The zero-order chi connectivity index (χ0) is 33.1. The van der Waals surface area contributed by atoms with Gasteiger partial charge in [-0.3, -0.25) is 0 Å². The van der Waals surface area contributed by atoms with Gasteiger partial charge in [0.2, 0.25) is 0 Å². The normalized spacial score (nSPS) is 13.0. The molecule has 10 rings (SSSR count). The van der Waals surface area contributed by atoms with Crippen LogP contribution in [0.25, 0.3) is 43.4 Å². The zero-order valence-corrected chi connectivity index (χ0v) is 27.5. The summed E-state index contributed by atoms with van der Waals surface area (Å²) in [7, 11) is 0. The Morgan fingerprint density at radius 3 is 1.58 bits per heavy atom. The van der Waals surface area contributed by atoms with Crippen molar-refractivity contribution in [2.24, 2.45) is 0 Å². The Morgan fingerprint density at radius 1 is 0.300 bits per heavy atom. The summed E-state index contributed by atoms with van der Waals surface area (Å²) in [4.78, 5) is 2.44. The van der Waals surface area contributed by atoms with Crippen LogP contribution in [0.3, 0.4) is 0 Å². The van der Waals surface area contributed by atoms with Gasteiger partial charge >= 0.3 is 0 Å². The Hall–Kier alpha value is -6.44. The van der Waals surface area contributed by atoms with Crippen molar-refractivity contribution in [1.29, 1.82) is 0 Å². The Kier molecular flexibility index (Phi) is 6.47. The fraction of sp³-hybridized carbons (Fsp3) is 0.0204. The van der Waals surface area contributed by atoms with Gasteiger partial charge in [-0.25, -0.2) is 0 Å². The SMILES string of the molecule is c1ccc(C2(c3ccccc3)c3ccccc3-c3ccc(N(c4ccc5ccccc5c4)c4ccc5c(ccc6ccccc65)c4)cc32)cc1. The van der Waals surface area contributed by atoms with E-state index in [1.54, 1.807) is 0 Å². The lowest BCUT2D eigenvalue weighted by atomic mass is 9.67. The zero-order valence-electron chi connectivity index (χ0n) is 27.5. The van der Waals surface area contributed by atoms with E-state index in [4.69, 9.17) is 0 Å². The van der Waals surface area contributed by atoms with Crippen LogP contribution < -0.4 is 4.90 Å². The summed E-state index contributed by atoms with van der Waals surface area (Å²) in [5.74, 6) is 0. The van der Waals surface area contributed by atoms with Gasteiger partial charge in [-0.15, -0.1) is 0 Å². The van der Waals surface area contributed by atoms with Crippen molar-refractivity contribution in [1.82, 2.24) is 0 Å². The maximum atomic E-state index is 2.45. The van der Waals surface area contributed by atoms with E-state index in [-0.39, 0.29) is 0 Å². The van der Waals surface area contributed by atoms with Gasteiger partial charge in [0.25, 0.3) is 0 Å². The maximum absolute atomic E-state index is 2.45. The quantitative estimate of drug-likeness (QED) is 0.170. The molecule has 0 saturated carbocycles. The molecule has 0 aromatic heterocycles. The van der Waals surface area contributed by atoms with Crippen molar-refractivity contribution in [2.75, 3.05) is 4.90 Å². The molecule has 50 heavy (non-hydrogen) atoms. The molecule has 9 aromatic carbocycles. The molecule has 9 aromatic rings. The summed E-state index contributed by atoms with van der Waals surface area (Å²) >= 11 is 0. The first-order valence-corrected chi connectivity index (χ1v) is 17.3. The number of hydrogen-bond donors (Lipinski definition) is 0. The van der Waals surface area contributed by atoms with Crippen molar-refractivity contribution in [3.8, 4) is 11.1 Å². The third kappa shape index (κ3) is 4.27. The first-order chi connectivity index (χ1) is 24.8. The summed E-state index contributed by atoms with van der Waals surface area (Å²) in [5.41, 5.74) is 10.6. The standard InChI is InChI=1S/C49H33N/c1-3-16-38(17-4-1)49(39-18-5-2-6-19-39)47-22-12-11-21-45(47)46-30-28-42(33-48(46)49)50(40-26-25-34-13-7-8-15-36(34)31-40)41-27-29-44-37(32-41)24-23-35-14-9-10-20-43(35)44/h1-33H. The number of nitrogens with zero attached hydrogens (tertiary/aromatic N) is 1. The molecule has 1 nitrogen and oxygen atoms in total. The molecular weight excluding hydrogens is 603 g/mol. The molecule has 0 fully saturated rings. The lowest BCUT2D eigenvalue weighted by Crippen LogP contribution is -2.28. The molecule has 1 heteroatoms. The molecule has 0 saturated heterocycles. The smallest absolute Gasteiger partial charge is 0.0714 e. The van der Waals surface area contributed by atoms with Gasteiger partial charge in [-0.2, -0.15) is 0 Å². The number of rotatable bonds is 5. The first-order valence-electron chi connectivity index (χ1n) is 17.3. The summed E-state index contributed by atoms with van der Waals surface area (Å²) in [6.45, 7) is 0. The van der Waals surface area contributed by atoms with Crippen LogP contribution in [0.5, 0.6) is 0 Å². The predicted octanol–water partition coefficient (Wildman–Crippen LogP) is 13.0. The first kappa shape index (κ1) is 28.6. The highest BCUT2D eigenvalue weighted by atomic mass is 15.1. The minimum Gasteiger partial charge on any atom is -0.310 e. The van der Waals surface area contributed by atoms with Crippen LogP contribution >= 0.6 is 0 Å². The monoisotopic (exact) mass is 635 g/mol. The Balaban J connectivity index is 1.25. The van der Waals surface area contributed by atoms with E-state index in [1.807, 2.05) is 0 Å². The van der Waals surface area contributed by atoms with Gasteiger partial charge in [0, 0.05) is 17.1 Å². The molecule has 0 spiro atoms. The molecule has 0 heterocycles. The van der Waals surface area contributed by atoms with E-state index in [9.17, 15) is 0 Å². The van der Waals surface area contributed by atoms with Crippen molar-refractivity contribution < 1.29 is 0 Å². The largest absolute Gasteiger partial charge is 0.310 e. The average Bonchev–Trinajstić information content (AvgIpc) is 3.49. The number of fused-ring (bicyclic) bond motifs is 7.